The Morgan fingerprint density at radius 1 is 1.18 bits per heavy atom. The molecule has 2 aromatic rings. The number of nitrogens with two attached hydrogens (primary N) is 1. The molecule has 1 aliphatic rings. The molecule has 2 heterocycles. The summed E-state index contributed by atoms with van der Waals surface area (Å²) in [6, 6.07) is 11.4. The van der Waals surface area contributed by atoms with Gasteiger partial charge < -0.3 is 15.4 Å². The molecule has 0 aliphatic carbocycles. The Kier molecular flexibility index (Phi) is 9.91. The Hall–Kier alpha value is -2.22. The molecule has 1 unspecified atom stereocenters. The summed E-state index contributed by atoms with van der Waals surface area (Å²) in [7, 11) is 0. The average molecular weight is 472 g/mol. The van der Waals surface area contributed by atoms with Gasteiger partial charge in [0.15, 0.2) is 0 Å². The van der Waals surface area contributed by atoms with Gasteiger partial charge in [-0.15, -0.1) is 11.3 Å². The molecular formula is C26H37N3O3S. The standard InChI is InChI=1S/C26H37N3O3S/c1-3-32-26(31)23(13-12-20-9-5-4-6-10-20)28-22(11-7-8-15-27)25(30)29-18-21-14-16-33-24(21)17-19(29)2/h4-6,9-10,14,16,19,22-23,28H,3,7-8,11-13,15,17-18,27H2,1-2H3/t19?,22-,23-/m0/s1. The Balaban J connectivity index is 1.74. The molecule has 1 aliphatic heterocycles. The summed E-state index contributed by atoms with van der Waals surface area (Å²) in [5.74, 6) is -0.234. The maximum Gasteiger partial charge on any atom is 0.323 e. The van der Waals surface area contributed by atoms with Crippen molar-refractivity contribution in [3.05, 3.63) is 57.8 Å². The minimum atomic E-state index is -0.534. The van der Waals surface area contributed by atoms with Crippen LogP contribution in [0.2, 0.25) is 0 Å². The number of esters is 1. The van der Waals surface area contributed by atoms with Gasteiger partial charge in [-0.3, -0.25) is 14.9 Å². The first-order chi connectivity index (χ1) is 16.0. The SMILES string of the molecule is CCOC(=O)[C@H](CCc1ccccc1)N[C@@H](CCCCN)C(=O)N1Cc2ccsc2CC1C. The van der Waals surface area contributed by atoms with E-state index in [9.17, 15) is 9.59 Å². The molecule has 180 valence electrons. The molecule has 3 atom stereocenters. The van der Waals surface area contributed by atoms with E-state index in [1.807, 2.05) is 30.0 Å². The molecule has 0 saturated heterocycles. The summed E-state index contributed by atoms with van der Waals surface area (Å²) in [6.07, 6.45) is 4.53. The molecule has 3 N–H and O–H groups in total. The molecule has 3 rings (SSSR count). The number of benzene rings is 1. The van der Waals surface area contributed by atoms with Crippen LogP contribution in [0.1, 0.15) is 55.5 Å². The van der Waals surface area contributed by atoms with Crippen LogP contribution in [0.25, 0.3) is 0 Å². The van der Waals surface area contributed by atoms with Crippen LogP contribution in [0, 0.1) is 0 Å². The highest BCUT2D eigenvalue weighted by Gasteiger charge is 2.34. The Morgan fingerprint density at radius 2 is 1.97 bits per heavy atom. The van der Waals surface area contributed by atoms with E-state index >= 15 is 0 Å². The maximum absolute atomic E-state index is 13.7. The number of aryl methyl sites for hydroxylation is 1. The van der Waals surface area contributed by atoms with Crippen molar-refractivity contribution in [3.8, 4) is 0 Å². The van der Waals surface area contributed by atoms with Crippen LogP contribution >= 0.6 is 11.3 Å². The number of thiophene rings is 1. The maximum atomic E-state index is 13.7. The number of carbonyl (C=O) groups excluding carboxylic acids is 2. The third-order valence-corrected chi connectivity index (χ3v) is 7.24. The van der Waals surface area contributed by atoms with Gasteiger partial charge in [-0.2, -0.15) is 0 Å². The second-order valence-corrected chi connectivity index (χ2v) is 9.72. The van der Waals surface area contributed by atoms with E-state index in [0.717, 1.165) is 31.2 Å². The number of hydrogen-bond donors (Lipinski definition) is 2. The molecular weight excluding hydrogens is 434 g/mol. The first-order valence-corrected chi connectivity index (χ1v) is 12.9. The Labute approximate surface area is 201 Å². The van der Waals surface area contributed by atoms with Crippen LogP contribution < -0.4 is 11.1 Å². The smallest absolute Gasteiger partial charge is 0.323 e. The monoisotopic (exact) mass is 471 g/mol. The molecule has 0 radical (unpaired) electrons. The van der Waals surface area contributed by atoms with Gasteiger partial charge in [0.2, 0.25) is 5.91 Å². The number of nitrogens with one attached hydrogen (secondary N) is 1. The lowest BCUT2D eigenvalue weighted by Crippen LogP contribution is -2.55. The van der Waals surface area contributed by atoms with Gasteiger partial charge in [0.05, 0.1) is 12.6 Å². The van der Waals surface area contributed by atoms with E-state index in [1.54, 1.807) is 11.3 Å². The highest BCUT2D eigenvalue weighted by atomic mass is 32.1. The van der Waals surface area contributed by atoms with Crippen molar-refractivity contribution in [1.29, 1.82) is 0 Å². The lowest BCUT2D eigenvalue weighted by molar-refractivity contribution is -0.147. The zero-order chi connectivity index (χ0) is 23.6. The van der Waals surface area contributed by atoms with Crippen molar-refractivity contribution in [2.45, 2.75) is 77.0 Å². The van der Waals surface area contributed by atoms with Crippen LogP contribution in [0.3, 0.4) is 0 Å². The van der Waals surface area contributed by atoms with Gasteiger partial charge in [0.1, 0.15) is 6.04 Å². The second kappa shape index (κ2) is 12.9. The van der Waals surface area contributed by atoms with E-state index in [0.29, 0.717) is 32.5 Å². The fourth-order valence-electron chi connectivity index (χ4n) is 4.38. The van der Waals surface area contributed by atoms with Crippen molar-refractivity contribution >= 4 is 23.2 Å². The van der Waals surface area contributed by atoms with E-state index in [1.165, 1.54) is 10.4 Å². The summed E-state index contributed by atoms with van der Waals surface area (Å²) in [4.78, 5) is 29.8. The second-order valence-electron chi connectivity index (χ2n) is 8.72. The lowest BCUT2D eigenvalue weighted by atomic mass is 9.99. The molecule has 0 bridgehead atoms. The van der Waals surface area contributed by atoms with Gasteiger partial charge in [0, 0.05) is 23.9 Å². The zero-order valence-corrected chi connectivity index (χ0v) is 20.6. The largest absolute Gasteiger partial charge is 0.465 e. The predicted molar refractivity (Wildman–Crippen MR) is 133 cm³/mol. The predicted octanol–water partition coefficient (Wildman–Crippen LogP) is 3.67. The first-order valence-electron chi connectivity index (χ1n) is 12.1. The van der Waals surface area contributed by atoms with Crippen molar-refractivity contribution < 1.29 is 14.3 Å². The first kappa shape index (κ1) is 25.4. The van der Waals surface area contributed by atoms with Gasteiger partial charge in [-0.25, -0.2) is 0 Å². The van der Waals surface area contributed by atoms with Crippen LogP contribution in [0.15, 0.2) is 41.8 Å². The molecule has 0 fully saturated rings. The minimum absolute atomic E-state index is 0.0605. The summed E-state index contributed by atoms with van der Waals surface area (Å²) >= 11 is 1.76. The third kappa shape index (κ3) is 7.13. The Bertz CT molecular complexity index is 886. The van der Waals surface area contributed by atoms with E-state index in [-0.39, 0.29) is 17.9 Å². The van der Waals surface area contributed by atoms with Crippen molar-refractivity contribution in [2.24, 2.45) is 5.73 Å². The van der Waals surface area contributed by atoms with Gasteiger partial charge >= 0.3 is 5.97 Å². The van der Waals surface area contributed by atoms with Crippen molar-refractivity contribution in [1.82, 2.24) is 10.2 Å². The fraction of sp³-hybridized carbons (Fsp3) is 0.538. The van der Waals surface area contributed by atoms with E-state index < -0.39 is 12.1 Å². The molecule has 33 heavy (non-hydrogen) atoms. The number of rotatable bonds is 12. The summed E-state index contributed by atoms with van der Waals surface area (Å²) < 4.78 is 5.36. The number of carbonyl (C=O) groups is 2. The molecule has 1 amide bonds. The molecule has 6 nitrogen and oxygen atoms in total. The fourth-order valence-corrected chi connectivity index (χ4v) is 5.40. The van der Waals surface area contributed by atoms with E-state index in [2.05, 4.69) is 35.8 Å². The number of unbranched alkanes of at least 4 members (excludes halogenated alkanes) is 1. The number of fused-ring (bicyclic) bond motifs is 1. The summed E-state index contributed by atoms with van der Waals surface area (Å²) in [6.45, 7) is 5.45. The summed E-state index contributed by atoms with van der Waals surface area (Å²) in [5, 5.41) is 5.50. The third-order valence-electron chi connectivity index (χ3n) is 6.26. The van der Waals surface area contributed by atoms with Gasteiger partial charge in [-0.1, -0.05) is 36.8 Å². The zero-order valence-electron chi connectivity index (χ0n) is 19.8. The molecule has 7 heteroatoms. The number of nitrogens with zero attached hydrogens (tertiary/aromatic N) is 1. The Morgan fingerprint density at radius 3 is 2.70 bits per heavy atom. The highest BCUT2D eigenvalue weighted by molar-refractivity contribution is 7.10. The number of hydrogen-bond acceptors (Lipinski definition) is 6. The number of amides is 1. The molecule has 1 aromatic heterocycles. The van der Waals surface area contributed by atoms with Crippen molar-refractivity contribution in [3.63, 3.8) is 0 Å². The number of ether oxygens (including phenoxy) is 1. The van der Waals surface area contributed by atoms with E-state index in [4.69, 9.17) is 10.5 Å². The van der Waals surface area contributed by atoms with Crippen molar-refractivity contribution in [2.75, 3.05) is 13.2 Å². The molecule has 0 spiro atoms. The average Bonchev–Trinajstić information content (AvgIpc) is 3.27. The normalized spacial score (nSPS) is 17.3. The van der Waals surface area contributed by atoms with Crippen LogP contribution in [-0.2, 0) is 33.7 Å². The summed E-state index contributed by atoms with van der Waals surface area (Å²) in [5.41, 5.74) is 8.11. The van der Waals surface area contributed by atoms with Crippen LogP contribution in [0.5, 0.6) is 0 Å². The lowest BCUT2D eigenvalue weighted by Gasteiger charge is -2.37. The molecule has 0 saturated carbocycles. The van der Waals surface area contributed by atoms with Crippen LogP contribution in [0.4, 0.5) is 0 Å². The molecule has 1 aromatic carbocycles. The highest BCUT2D eigenvalue weighted by Crippen LogP contribution is 2.28. The minimum Gasteiger partial charge on any atom is -0.465 e. The topological polar surface area (TPSA) is 84.7 Å². The van der Waals surface area contributed by atoms with Gasteiger partial charge in [-0.05, 0) is 68.6 Å². The van der Waals surface area contributed by atoms with Gasteiger partial charge in [0.25, 0.3) is 0 Å². The quantitative estimate of drug-likeness (QED) is 0.364. The van der Waals surface area contributed by atoms with Crippen LogP contribution in [-0.4, -0.2) is 48.1 Å².